The molecule has 226 valence electrons. The van der Waals surface area contributed by atoms with Gasteiger partial charge in [0.25, 0.3) is 0 Å². The monoisotopic (exact) mass is 576 g/mol. The van der Waals surface area contributed by atoms with E-state index in [4.69, 9.17) is 28.4 Å². The molecule has 0 aromatic carbocycles. The van der Waals surface area contributed by atoms with Crippen LogP contribution in [0.5, 0.6) is 0 Å². The van der Waals surface area contributed by atoms with E-state index in [0.29, 0.717) is 18.4 Å². The van der Waals surface area contributed by atoms with Crippen molar-refractivity contribution in [2.75, 3.05) is 0 Å². The number of carbonyl (C=O) groups excluding carboxylic acids is 5. The predicted octanol–water partition coefficient (Wildman–Crippen LogP) is 3.27. The predicted molar refractivity (Wildman–Crippen MR) is 142 cm³/mol. The molecule has 0 bridgehead atoms. The van der Waals surface area contributed by atoms with Gasteiger partial charge in [-0.2, -0.15) is 0 Å². The lowest BCUT2D eigenvalue weighted by Crippen LogP contribution is -2.62. The van der Waals surface area contributed by atoms with Gasteiger partial charge in [0.05, 0.1) is 5.41 Å². The Kier molecular flexibility index (Phi) is 8.16. The van der Waals surface area contributed by atoms with E-state index in [2.05, 4.69) is 0 Å². The summed E-state index contributed by atoms with van der Waals surface area (Å²) in [5.74, 6) is -3.56. The molecule has 2 aliphatic heterocycles. The van der Waals surface area contributed by atoms with Crippen LogP contribution in [0.2, 0.25) is 0 Å². The van der Waals surface area contributed by atoms with E-state index in [1.165, 1.54) is 20.8 Å². The van der Waals surface area contributed by atoms with Crippen molar-refractivity contribution in [3.8, 4) is 0 Å². The van der Waals surface area contributed by atoms with Gasteiger partial charge in [-0.25, -0.2) is 4.79 Å². The number of carbonyl (C=O) groups is 5. The topological polar surface area (TPSA) is 144 Å². The molecule has 2 saturated heterocycles. The SMILES string of the molecule is CCCC(=O)O[C@@H]1CC(OC(C)=O)/C(C)=C\[C@H]2OC(=O)[C@@]3(C)O[C@@]23C(OC(C)=O)[C@@H]2C(C)=CC[C@@H](OC(C)=O)[C@@]12C. The first-order valence-electron chi connectivity index (χ1n) is 14.1. The molecule has 1 spiro atoms. The van der Waals surface area contributed by atoms with E-state index in [1.54, 1.807) is 19.9 Å². The number of fused-ring (bicyclic) bond motifs is 1. The summed E-state index contributed by atoms with van der Waals surface area (Å²) in [5.41, 5.74) is -2.79. The maximum Gasteiger partial charge on any atom is 0.342 e. The molecule has 0 N–H and O–H groups in total. The van der Waals surface area contributed by atoms with E-state index < -0.39 is 82.9 Å². The minimum absolute atomic E-state index is 0.0218. The molecule has 0 aromatic rings. The summed E-state index contributed by atoms with van der Waals surface area (Å²) < 4.78 is 35.8. The molecule has 41 heavy (non-hydrogen) atoms. The molecule has 2 heterocycles. The Bertz CT molecular complexity index is 1200. The van der Waals surface area contributed by atoms with E-state index in [9.17, 15) is 24.0 Å². The summed E-state index contributed by atoms with van der Waals surface area (Å²) in [6.45, 7) is 12.7. The summed E-state index contributed by atoms with van der Waals surface area (Å²) >= 11 is 0. The molecule has 0 aromatic heterocycles. The minimum Gasteiger partial charge on any atom is -0.461 e. The molecule has 4 rings (SSSR count). The lowest BCUT2D eigenvalue weighted by atomic mass is 9.56. The van der Waals surface area contributed by atoms with Gasteiger partial charge in [-0.05, 0) is 38.8 Å². The van der Waals surface area contributed by atoms with Crippen molar-refractivity contribution < 1.29 is 52.4 Å². The summed E-state index contributed by atoms with van der Waals surface area (Å²) in [6, 6.07) is 0. The van der Waals surface area contributed by atoms with E-state index in [-0.39, 0.29) is 12.8 Å². The third-order valence-electron chi connectivity index (χ3n) is 9.04. The number of hydrogen-bond acceptors (Lipinski definition) is 11. The van der Waals surface area contributed by atoms with Crippen LogP contribution in [0.3, 0.4) is 0 Å². The van der Waals surface area contributed by atoms with Gasteiger partial charge in [0, 0.05) is 46.0 Å². The third kappa shape index (κ3) is 5.06. The maximum atomic E-state index is 13.1. The van der Waals surface area contributed by atoms with Crippen LogP contribution in [0, 0.1) is 11.3 Å². The van der Waals surface area contributed by atoms with Crippen molar-refractivity contribution in [3.63, 3.8) is 0 Å². The van der Waals surface area contributed by atoms with E-state index in [1.807, 2.05) is 26.8 Å². The summed E-state index contributed by atoms with van der Waals surface area (Å²) in [5, 5.41) is 0. The van der Waals surface area contributed by atoms with E-state index >= 15 is 0 Å². The molecule has 11 heteroatoms. The second kappa shape index (κ2) is 10.9. The number of rotatable bonds is 6. The number of esters is 5. The Labute approximate surface area is 239 Å². The Hall–Kier alpha value is -3.21. The number of epoxide rings is 1. The van der Waals surface area contributed by atoms with Crippen LogP contribution < -0.4 is 0 Å². The smallest absolute Gasteiger partial charge is 0.342 e. The molecule has 2 fully saturated rings. The molecule has 0 amide bonds. The number of hydrogen-bond donors (Lipinski definition) is 0. The fourth-order valence-corrected chi connectivity index (χ4v) is 7.02. The minimum atomic E-state index is -1.44. The summed E-state index contributed by atoms with van der Waals surface area (Å²) in [4.78, 5) is 63.5. The van der Waals surface area contributed by atoms with Crippen molar-refractivity contribution >= 4 is 29.8 Å². The van der Waals surface area contributed by atoms with Crippen LogP contribution in [-0.4, -0.2) is 71.6 Å². The Morgan fingerprint density at radius 3 is 2.12 bits per heavy atom. The Morgan fingerprint density at radius 1 is 0.927 bits per heavy atom. The van der Waals surface area contributed by atoms with Crippen LogP contribution in [0.15, 0.2) is 23.3 Å². The normalized spacial score (nSPS) is 40.6. The van der Waals surface area contributed by atoms with Crippen molar-refractivity contribution in [2.24, 2.45) is 11.3 Å². The summed E-state index contributed by atoms with van der Waals surface area (Å²) in [6.07, 6.45) is -0.210. The lowest BCUT2D eigenvalue weighted by molar-refractivity contribution is -0.201. The van der Waals surface area contributed by atoms with Gasteiger partial charge in [-0.15, -0.1) is 0 Å². The fraction of sp³-hybridized carbons (Fsp3) is 0.700. The second-order valence-corrected chi connectivity index (χ2v) is 11.9. The number of ether oxygens (including phenoxy) is 6. The van der Waals surface area contributed by atoms with Gasteiger partial charge in [0.15, 0.2) is 17.3 Å². The van der Waals surface area contributed by atoms with Gasteiger partial charge in [-0.1, -0.05) is 25.5 Å². The zero-order valence-corrected chi connectivity index (χ0v) is 24.9. The van der Waals surface area contributed by atoms with Gasteiger partial charge in [0.2, 0.25) is 0 Å². The molecule has 0 radical (unpaired) electrons. The van der Waals surface area contributed by atoms with Crippen molar-refractivity contribution in [1.82, 2.24) is 0 Å². The highest BCUT2D eigenvalue weighted by atomic mass is 16.7. The highest BCUT2D eigenvalue weighted by Crippen LogP contribution is 2.65. The van der Waals surface area contributed by atoms with Gasteiger partial charge < -0.3 is 28.4 Å². The van der Waals surface area contributed by atoms with Gasteiger partial charge >= 0.3 is 29.8 Å². The average molecular weight is 577 g/mol. The quantitative estimate of drug-likeness (QED) is 0.199. The first kappa shape index (κ1) is 30.7. The molecule has 4 aliphatic rings. The highest BCUT2D eigenvalue weighted by Gasteiger charge is 2.87. The highest BCUT2D eigenvalue weighted by molar-refractivity contribution is 5.89. The molecular formula is C30H40O11. The maximum absolute atomic E-state index is 13.1. The van der Waals surface area contributed by atoms with Crippen LogP contribution in [-0.2, 0) is 52.4 Å². The zero-order chi connectivity index (χ0) is 30.5. The molecular weight excluding hydrogens is 536 g/mol. The van der Waals surface area contributed by atoms with Gasteiger partial charge in [-0.3, -0.25) is 19.2 Å². The largest absolute Gasteiger partial charge is 0.461 e. The molecule has 0 saturated carbocycles. The van der Waals surface area contributed by atoms with Crippen molar-refractivity contribution in [3.05, 3.63) is 23.3 Å². The zero-order valence-electron chi connectivity index (χ0n) is 24.9. The third-order valence-corrected chi connectivity index (χ3v) is 9.04. The van der Waals surface area contributed by atoms with E-state index in [0.717, 1.165) is 5.57 Å². The fourth-order valence-electron chi connectivity index (χ4n) is 7.02. The van der Waals surface area contributed by atoms with Crippen LogP contribution in [0.25, 0.3) is 0 Å². The van der Waals surface area contributed by atoms with Crippen molar-refractivity contribution in [2.45, 2.75) is 123 Å². The summed E-state index contributed by atoms with van der Waals surface area (Å²) in [7, 11) is 0. The molecule has 9 atom stereocenters. The van der Waals surface area contributed by atoms with Gasteiger partial charge in [0.1, 0.15) is 24.4 Å². The van der Waals surface area contributed by atoms with Crippen LogP contribution in [0.1, 0.15) is 81.1 Å². The first-order chi connectivity index (χ1) is 19.1. The Morgan fingerprint density at radius 2 is 1.56 bits per heavy atom. The van der Waals surface area contributed by atoms with Crippen LogP contribution in [0.4, 0.5) is 0 Å². The average Bonchev–Trinajstić information content (AvgIpc) is 3.44. The molecule has 2 unspecified atom stereocenters. The molecule has 11 nitrogen and oxygen atoms in total. The second-order valence-electron chi connectivity index (χ2n) is 11.9. The standard InChI is InChI=1S/C30H40O11/c1-9-10-24(34)39-22-14-20(36-17(4)31)16(3)13-23-30(29(8,41-30)27(35)40-23)26(38-19(6)33)25-15(2)11-12-21(28(22,25)7)37-18(5)32/h11,13,20-23,25-26H,9-10,12,14H2,1-8H3/b16-13-/t20?,21-,22-,23-,25+,26?,28+,29-,30-/m1/s1. The first-order valence-corrected chi connectivity index (χ1v) is 14.1. The molecule has 2 aliphatic carbocycles. The lowest BCUT2D eigenvalue weighted by Gasteiger charge is -2.53. The van der Waals surface area contributed by atoms with Crippen LogP contribution >= 0.6 is 0 Å². The Balaban J connectivity index is 2.02. The van der Waals surface area contributed by atoms with Crippen molar-refractivity contribution in [1.29, 1.82) is 0 Å².